The Hall–Kier alpha value is -2.67. The third kappa shape index (κ3) is 4.29. The number of halogens is 2. The summed E-state index contributed by atoms with van der Waals surface area (Å²) < 4.78 is 17.0. The van der Waals surface area contributed by atoms with Crippen LogP contribution in [0.25, 0.3) is 0 Å². The molecule has 1 N–H and O–H groups in total. The third-order valence-electron chi connectivity index (χ3n) is 3.92. The standard InChI is InChI=1S/C18H19ClFN5O/c1-12-9-13(2)25(22-12)8-7-17(26)21-18-15(19)11-24(23-18)10-14-5-3-4-6-16(14)20/h3-6,9,11H,7-8,10H2,1-2H3,(H,21,23,26). The topological polar surface area (TPSA) is 64.7 Å². The van der Waals surface area contributed by atoms with Crippen LogP contribution < -0.4 is 5.32 Å². The number of carbonyl (C=O) groups is 1. The second-order valence-corrected chi connectivity index (χ2v) is 6.47. The predicted molar refractivity (Wildman–Crippen MR) is 97.7 cm³/mol. The van der Waals surface area contributed by atoms with Crippen molar-refractivity contribution in [2.75, 3.05) is 5.32 Å². The summed E-state index contributed by atoms with van der Waals surface area (Å²) >= 11 is 6.13. The molecule has 0 saturated carbocycles. The number of nitrogens with one attached hydrogen (secondary N) is 1. The largest absolute Gasteiger partial charge is 0.308 e. The lowest BCUT2D eigenvalue weighted by molar-refractivity contribution is -0.116. The molecule has 0 fully saturated rings. The number of anilines is 1. The van der Waals surface area contributed by atoms with Crippen LogP contribution in [0.4, 0.5) is 10.2 Å². The maximum Gasteiger partial charge on any atom is 0.227 e. The van der Waals surface area contributed by atoms with Crippen molar-refractivity contribution >= 4 is 23.3 Å². The molecule has 6 nitrogen and oxygen atoms in total. The molecule has 0 unspecified atom stereocenters. The molecule has 2 aromatic heterocycles. The highest BCUT2D eigenvalue weighted by atomic mass is 35.5. The Bertz CT molecular complexity index is 934. The van der Waals surface area contributed by atoms with Gasteiger partial charge < -0.3 is 5.32 Å². The van der Waals surface area contributed by atoms with Crippen LogP contribution in [0.1, 0.15) is 23.4 Å². The quantitative estimate of drug-likeness (QED) is 0.716. The number of aromatic nitrogens is 4. The van der Waals surface area contributed by atoms with Gasteiger partial charge in [0.05, 0.1) is 12.2 Å². The number of nitrogens with zero attached hydrogens (tertiary/aromatic N) is 4. The van der Waals surface area contributed by atoms with Gasteiger partial charge in [0, 0.05) is 30.4 Å². The first-order valence-corrected chi connectivity index (χ1v) is 8.57. The van der Waals surface area contributed by atoms with Crippen LogP contribution in [0.5, 0.6) is 0 Å². The van der Waals surface area contributed by atoms with Crippen LogP contribution in [0.15, 0.2) is 36.5 Å². The van der Waals surface area contributed by atoms with Gasteiger partial charge >= 0.3 is 0 Å². The van der Waals surface area contributed by atoms with Crippen LogP contribution in [0.3, 0.4) is 0 Å². The molecule has 26 heavy (non-hydrogen) atoms. The van der Waals surface area contributed by atoms with Gasteiger partial charge in [0.25, 0.3) is 0 Å². The second kappa shape index (κ2) is 7.70. The minimum atomic E-state index is -0.311. The van der Waals surface area contributed by atoms with E-state index in [-0.39, 0.29) is 30.5 Å². The van der Waals surface area contributed by atoms with Gasteiger partial charge in [-0.3, -0.25) is 14.2 Å². The average Bonchev–Trinajstić information content (AvgIpc) is 3.09. The van der Waals surface area contributed by atoms with E-state index in [2.05, 4.69) is 15.5 Å². The molecular formula is C18H19ClFN5O. The first kappa shape index (κ1) is 18.1. The minimum Gasteiger partial charge on any atom is -0.308 e. The van der Waals surface area contributed by atoms with Gasteiger partial charge in [-0.15, -0.1) is 0 Å². The third-order valence-corrected chi connectivity index (χ3v) is 4.20. The van der Waals surface area contributed by atoms with Gasteiger partial charge in [-0.1, -0.05) is 29.8 Å². The highest BCUT2D eigenvalue weighted by molar-refractivity contribution is 6.33. The molecule has 0 aliphatic rings. The number of hydrogen-bond acceptors (Lipinski definition) is 3. The van der Waals surface area contributed by atoms with E-state index in [1.54, 1.807) is 29.1 Å². The SMILES string of the molecule is Cc1cc(C)n(CCC(=O)Nc2nn(Cc3ccccc3F)cc2Cl)n1. The zero-order valence-electron chi connectivity index (χ0n) is 14.5. The summed E-state index contributed by atoms with van der Waals surface area (Å²) in [6.07, 6.45) is 1.81. The van der Waals surface area contributed by atoms with Gasteiger partial charge in [-0.2, -0.15) is 10.2 Å². The lowest BCUT2D eigenvalue weighted by atomic mass is 10.2. The Morgan fingerprint density at radius 1 is 1.27 bits per heavy atom. The zero-order chi connectivity index (χ0) is 18.7. The molecule has 0 radical (unpaired) electrons. The first-order chi connectivity index (χ1) is 12.4. The number of amides is 1. The number of benzene rings is 1. The van der Waals surface area contributed by atoms with Crippen molar-refractivity contribution in [2.24, 2.45) is 0 Å². The fraction of sp³-hybridized carbons (Fsp3) is 0.278. The maximum absolute atomic E-state index is 13.7. The van der Waals surface area contributed by atoms with Crippen LogP contribution >= 0.6 is 11.6 Å². The van der Waals surface area contributed by atoms with Gasteiger partial charge in [0.2, 0.25) is 5.91 Å². The van der Waals surface area contributed by atoms with Gasteiger partial charge in [-0.25, -0.2) is 4.39 Å². The highest BCUT2D eigenvalue weighted by Gasteiger charge is 2.12. The first-order valence-electron chi connectivity index (χ1n) is 8.19. The van der Waals surface area contributed by atoms with Crippen molar-refractivity contribution in [1.29, 1.82) is 0 Å². The summed E-state index contributed by atoms with van der Waals surface area (Å²) in [5.74, 6) is -0.258. The molecule has 1 amide bonds. The molecule has 8 heteroatoms. The number of rotatable bonds is 6. The fourth-order valence-electron chi connectivity index (χ4n) is 2.67. The minimum absolute atomic E-state index is 0.212. The van der Waals surface area contributed by atoms with Crippen molar-refractivity contribution in [3.8, 4) is 0 Å². The molecular weight excluding hydrogens is 357 g/mol. The molecule has 3 rings (SSSR count). The van der Waals surface area contributed by atoms with Crippen LogP contribution in [0.2, 0.25) is 5.02 Å². The van der Waals surface area contributed by atoms with E-state index >= 15 is 0 Å². The summed E-state index contributed by atoms with van der Waals surface area (Å²) in [7, 11) is 0. The fourth-order valence-corrected chi connectivity index (χ4v) is 2.86. The van der Waals surface area contributed by atoms with Crippen LogP contribution in [0, 0.1) is 19.7 Å². The van der Waals surface area contributed by atoms with E-state index in [1.165, 1.54) is 10.7 Å². The highest BCUT2D eigenvalue weighted by Crippen LogP contribution is 2.20. The predicted octanol–water partition coefficient (Wildman–Crippen LogP) is 3.57. The number of hydrogen-bond donors (Lipinski definition) is 1. The summed E-state index contributed by atoms with van der Waals surface area (Å²) in [4.78, 5) is 12.2. The number of carbonyl (C=O) groups excluding carboxylic acids is 1. The normalized spacial score (nSPS) is 10.9. The Morgan fingerprint density at radius 3 is 2.73 bits per heavy atom. The number of aryl methyl sites for hydroxylation is 3. The summed E-state index contributed by atoms with van der Waals surface area (Å²) in [6, 6.07) is 8.41. The summed E-state index contributed by atoms with van der Waals surface area (Å²) in [6.45, 7) is 4.55. The second-order valence-electron chi connectivity index (χ2n) is 6.06. The van der Waals surface area contributed by atoms with Crippen molar-refractivity contribution in [1.82, 2.24) is 19.6 Å². The average molecular weight is 376 g/mol. The van der Waals surface area contributed by atoms with Crippen LogP contribution in [-0.4, -0.2) is 25.5 Å². The van der Waals surface area contributed by atoms with Crippen LogP contribution in [-0.2, 0) is 17.9 Å². The molecule has 0 aliphatic carbocycles. The van der Waals surface area contributed by atoms with Gasteiger partial charge in [-0.05, 0) is 26.0 Å². The maximum atomic E-state index is 13.7. The van der Waals surface area contributed by atoms with Crippen molar-refractivity contribution in [3.63, 3.8) is 0 Å². The molecule has 136 valence electrons. The lowest BCUT2D eigenvalue weighted by Crippen LogP contribution is -2.16. The van der Waals surface area contributed by atoms with Gasteiger partial charge in [0.15, 0.2) is 5.82 Å². The summed E-state index contributed by atoms with van der Waals surface area (Å²) in [5.41, 5.74) is 2.41. The molecule has 2 heterocycles. The van der Waals surface area contributed by atoms with E-state index in [1.807, 2.05) is 19.9 Å². The Balaban J connectivity index is 1.61. The molecule has 0 bridgehead atoms. The molecule has 0 saturated heterocycles. The van der Waals surface area contributed by atoms with Crippen molar-refractivity contribution in [2.45, 2.75) is 33.4 Å². The molecule has 1 aromatic carbocycles. The van der Waals surface area contributed by atoms with Gasteiger partial charge in [0.1, 0.15) is 10.8 Å². The van der Waals surface area contributed by atoms with E-state index in [0.717, 1.165) is 11.4 Å². The molecule has 0 aliphatic heterocycles. The zero-order valence-corrected chi connectivity index (χ0v) is 15.3. The Kier molecular flexibility index (Phi) is 5.37. The van der Waals surface area contributed by atoms with Crippen molar-refractivity contribution < 1.29 is 9.18 Å². The van der Waals surface area contributed by atoms with E-state index < -0.39 is 0 Å². The molecule has 0 atom stereocenters. The Labute approximate surface area is 155 Å². The molecule has 0 spiro atoms. The Morgan fingerprint density at radius 2 is 2.04 bits per heavy atom. The summed E-state index contributed by atoms with van der Waals surface area (Å²) in [5, 5.41) is 11.5. The molecule has 3 aromatic rings. The van der Waals surface area contributed by atoms with Crippen molar-refractivity contribution in [3.05, 3.63) is 64.3 Å². The van der Waals surface area contributed by atoms with E-state index in [4.69, 9.17) is 11.6 Å². The lowest BCUT2D eigenvalue weighted by Gasteiger charge is -2.05. The van der Waals surface area contributed by atoms with E-state index in [0.29, 0.717) is 17.1 Å². The van der Waals surface area contributed by atoms with E-state index in [9.17, 15) is 9.18 Å². The monoisotopic (exact) mass is 375 g/mol. The smallest absolute Gasteiger partial charge is 0.227 e.